The molecule has 3 rings (SSSR count). The van der Waals surface area contributed by atoms with Crippen LogP contribution in [0.15, 0.2) is 53.4 Å². The highest BCUT2D eigenvalue weighted by molar-refractivity contribution is 7.13. The smallest absolute Gasteiger partial charge is 0.268 e. The van der Waals surface area contributed by atoms with Crippen molar-refractivity contribution in [2.45, 2.75) is 6.92 Å². The predicted molar refractivity (Wildman–Crippen MR) is 125 cm³/mol. The Hall–Kier alpha value is -3.54. The first-order valence-electron chi connectivity index (χ1n) is 9.53. The van der Waals surface area contributed by atoms with Gasteiger partial charge in [-0.15, -0.1) is 11.3 Å². The van der Waals surface area contributed by atoms with Crippen LogP contribution in [0.3, 0.4) is 0 Å². The van der Waals surface area contributed by atoms with Gasteiger partial charge in [0.15, 0.2) is 5.13 Å². The third-order valence-electron chi connectivity index (χ3n) is 4.12. The maximum atomic E-state index is 12.3. The van der Waals surface area contributed by atoms with Gasteiger partial charge in [0.25, 0.3) is 5.91 Å². The number of thiazole rings is 1. The number of carbonyl (C=O) groups excluding carboxylic acids is 1. The second kappa shape index (κ2) is 11.2. The Morgan fingerprint density at radius 3 is 2.69 bits per heavy atom. The fraction of sp³-hybridized carbons (Fsp3) is 0.174. The lowest BCUT2D eigenvalue weighted by Gasteiger charge is -2.11. The van der Waals surface area contributed by atoms with Crippen molar-refractivity contribution in [1.29, 1.82) is 5.26 Å². The highest BCUT2D eigenvalue weighted by Crippen LogP contribution is 2.27. The fourth-order valence-electron chi connectivity index (χ4n) is 2.62. The zero-order valence-corrected chi connectivity index (χ0v) is 19.0. The molecule has 0 aliphatic heterocycles. The zero-order valence-electron chi connectivity index (χ0n) is 17.4. The molecule has 0 fully saturated rings. The number of carbonyl (C=O) groups is 1. The van der Waals surface area contributed by atoms with E-state index in [2.05, 4.69) is 10.3 Å². The summed E-state index contributed by atoms with van der Waals surface area (Å²) < 4.78 is 16.5. The molecule has 0 bridgehead atoms. The van der Waals surface area contributed by atoms with Gasteiger partial charge in [0, 0.05) is 11.4 Å². The molecule has 0 aliphatic rings. The van der Waals surface area contributed by atoms with Crippen LogP contribution in [0.1, 0.15) is 11.3 Å². The van der Waals surface area contributed by atoms with Crippen LogP contribution in [0, 0.1) is 18.3 Å². The van der Waals surface area contributed by atoms with Crippen LogP contribution < -0.4 is 19.5 Å². The zero-order chi connectivity index (χ0) is 22.9. The molecular formula is C23H20ClN3O4S. The van der Waals surface area contributed by atoms with Gasteiger partial charge >= 0.3 is 0 Å². The summed E-state index contributed by atoms with van der Waals surface area (Å²) in [6, 6.07) is 14.2. The summed E-state index contributed by atoms with van der Waals surface area (Å²) in [6.07, 6.45) is 1.46. The number of aryl methyl sites for hydroxylation is 1. The summed E-state index contributed by atoms with van der Waals surface area (Å²) >= 11 is 7.59. The Labute approximate surface area is 194 Å². The number of benzene rings is 2. The number of nitrogens with zero attached hydrogens (tertiary/aromatic N) is 2. The van der Waals surface area contributed by atoms with Gasteiger partial charge in [-0.1, -0.05) is 23.7 Å². The summed E-state index contributed by atoms with van der Waals surface area (Å²) in [6.45, 7) is 2.43. The highest BCUT2D eigenvalue weighted by Gasteiger charge is 2.12. The maximum absolute atomic E-state index is 12.3. The summed E-state index contributed by atoms with van der Waals surface area (Å²) in [4.78, 5) is 16.5. The van der Waals surface area contributed by atoms with Gasteiger partial charge in [-0.2, -0.15) is 5.26 Å². The molecule has 0 unspecified atom stereocenters. The molecule has 2 aromatic carbocycles. The number of rotatable bonds is 9. The molecule has 0 saturated heterocycles. The average Bonchev–Trinajstić information content (AvgIpc) is 3.20. The van der Waals surface area contributed by atoms with Gasteiger partial charge in [-0.05, 0) is 42.8 Å². The van der Waals surface area contributed by atoms with E-state index < -0.39 is 5.91 Å². The molecule has 0 atom stereocenters. The van der Waals surface area contributed by atoms with Gasteiger partial charge in [-0.3, -0.25) is 10.1 Å². The van der Waals surface area contributed by atoms with E-state index in [4.69, 9.17) is 25.8 Å². The number of halogens is 1. The van der Waals surface area contributed by atoms with E-state index in [1.165, 1.54) is 17.4 Å². The molecule has 1 aromatic heterocycles. The van der Waals surface area contributed by atoms with Gasteiger partial charge in [0.05, 0.1) is 17.8 Å². The van der Waals surface area contributed by atoms with E-state index in [-0.39, 0.29) is 12.2 Å². The van der Waals surface area contributed by atoms with Crippen LogP contribution in [0.25, 0.3) is 6.08 Å². The molecule has 7 nitrogen and oxygen atoms in total. The van der Waals surface area contributed by atoms with Gasteiger partial charge < -0.3 is 14.2 Å². The highest BCUT2D eigenvalue weighted by atomic mass is 35.5. The molecule has 3 aromatic rings. The summed E-state index contributed by atoms with van der Waals surface area (Å²) in [5.41, 5.74) is 1.33. The molecule has 0 radical (unpaired) electrons. The van der Waals surface area contributed by atoms with E-state index in [0.29, 0.717) is 39.6 Å². The van der Waals surface area contributed by atoms with E-state index in [9.17, 15) is 10.1 Å². The van der Waals surface area contributed by atoms with Crippen LogP contribution in [0.4, 0.5) is 5.13 Å². The van der Waals surface area contributed by atoms with Crippen molar-refractivity contribution in [1.82, 2.24) is 4.98 Å². The SMILES string of the molecule is COc1cccc(OCCOc2ccc(/C=C(/C#N)C(=O)Nc3nc(C)cs3)cc2Cl)c1. The molecule has 1 N–H and O–H groups in total. The molecule has 164 valence electrons. The minimum atomic E-state index is -0.534. The van der Waals surface area contributed by atoms with E-state index in [0.717, 1.165) is 5.69 Å². The Balaban J connectivity index is 1.57. The van der Waals surface area contributed by atoms with E-state index in [1.807, 2.05) is 36.6 Å². The molecule has 9 heteroatoms. The normalized spacial score (nSPS) is 10.9. The summed E-state index contributed by atoms with van der Waals surface area (Å²) in [5.74, 6) is 1.32. The number of nitrogens with one attached hydrogen (secondary N) is 1. The molecule has 32 heavy (non-hydrogen) atoms. The van der Waals surface area contributed by atoms with Crippen molar-refractivity contribution >= 4 is 40.1 Å². The minimum absolute atomic E-state index is 0.0609. The number of anilines is 1. The van der Waals surface area contributed by atoms with Gasteiger partial charge in [0.1, 0.15) is 42.1 Å². The molecular weight excluding hydrogens is 450 g/mol. The van der Waals surface area contributed by atoms with Crippen LogP contribution >= 0.6 is 22.9 Å². The first kappa shape index (κ1) is 23.1. The number of hydrogen-bond acceptors (Lipinski definition) is 7. The molecule has 0 saturated carbocycles. The Bertz CT molecular complexity index is 1170. The standard InChI is InChI=1S/C23H20ClN3O4S/c1-15-14-32-23(26-15)27-22(28)17(13-25)10-16-6-7-21(20(24)11-16)31-9-8-30-19-5-3-4-18(12-19)29-2/h3-7,10-12,14H,8-9H2,1-2H3,(H,26,27,28)/b17-10-. The number of nitriles is 1. The van der Waals surface area contributed by atoms with E-state index in [1.54, 1.807) is 31.4 Å². The van der Waals surface area contributed by atoms with Crippen LogP contribution in [0.2, 0.25) is 5.02 Å². The lowest BCUT2D eigenvalue weighted by Crippen LogP contribution is -2.13. The molecule has 0 spiro atoms. The number of aromatic nitrogens is 1. The minimum Gasteiger partial charge on any atom is -0.497 e. The number of amides is 1. The van der Waals surface area contributed by atoms with Crippen molar-refractivity contribution in [3.8, 4) is 23.3 Å². The third kappa shape index (κ3) is 6.48. The van der Waals surface area contributed by atoms with Crippen LogP contribution in [-0.2, 0) is 4.79 Å². The lowest BCUT2D eigenvalue weighted by atomic mass is 10.1. The molecule has 1 heterocycles. The van der Waals surface area contributed by atoms with Crippen LogP contribution in [0.5, 0.6) is 17.2 Å². The van der Waals surface area contributed by atoms with Crippen molar-refractivity contribution in [3.05, 3.63) is 69.7 Å². The first-order valence-corrected chi connectivity index (χ1v) is 10.8. The molecule has 1 amide bonds. The Morgan fingerprint density at radius 1 is 1.22 bits per heavy atom. The topological polar surface area (TPSA) is 93.5 Å². The summed E-state index contributed by atoms with van der Waals surface area (Å²) in [7, 11) is 1.59. The van der Waals surface area contributed by atoms with Gasteiger partial charge in [-0.25, -0.2) is 4.98 Å². The first-order chi connectivity index (χ1) is 15.5. The second-order valence-corrected chi connectivity index (χ2v) is 7.75. The van der Waals surface area contributed by atoms with Crippen molar-refractivity contribution in [3.63, 3.8) is 0 Å². The Kier molecular flexibility index (Phi) is 8.08. The summed E-state index contributed by atoms with van der Waals surface area (Å²) in [5, 5.41) is 14.6. The van der Waals surface area contributed by atoms with Gasteiger partial charge in [0.2, 0.25) is 0 Å². The van der Waals surface area contributed by atoms with Crippen LogP contribution in [-0.4, -0.2) is 31.2 Å². The third-order valence-corrected chi connectivity index (χ3v) is 5.29. The lowest BCUT2D eigenvalue weighted by molar-refractivity contribution is -0.112. The quantitative estimate of drug-likeness (QED) is 0.265. The van der Waals surface area contributed by atoms with E-state index >= 15 is 0 Å². The van der Waals surface area contributed by atoms with Crippen molar-refractivity contribution in [2.24, 2.45) is 0 Å². The van der Waals surface area contributed by atoms with Crippen molar-refractivity contribution in [2.75, 3.05) is 25.6 Å². The maximum Gasteiger partial charge on any atom is 0.268 e. The largest absolute Gasteiger partial charge is 0.497 e. The Morgan fingerprint density at radius 2 is 2.00 bits per heavy atom. The molecule has 0 aliphatic carbocycles. The second-order valence-electron chi connectivity index (χ2n) is 6.48. The fourth-order valence-corrected chi connectivity index (χ4v) is 3.54. The number of hydrogen-bond donors (Lipinski definition) is 1. The predicted octanol–water partition coefficient (Wildman–Crippen LogP) is 5.12. The number of ether oxygens (including phenoxy) is 3. The average molecular weight is 470 g/mol. The van der Waals surface area contributed by atoms with Crippen molar-refractivity contribution < 1.29 is 19.0 Å². The number of methoxy groups -OCH3 is 1. The monoisotopic (exact) mass is 469 g/mol.